The molecule has 1 atom stereocenters. The number of carbonyl (C=O) groups is 1. The molecule has 4 rings (SSSR count). The fourth-order valence-electron chi connectivity index (χ4n) is 3.42. The number of nitrogens with one attached hydrogen (secondary N) is 2. The smallest absolute Gasteiger partial charge is 0.229 e. The lowest BCUT2D eigenvalue weighted by molar-refractivity contribution is -0.120. The first-order valence-corrected chi connectivity index (χ1v) is 8.77. The molecule has 1 amide bonds. The summed E-state index contributed by atoms with van der Waals surface area (Å²) < 4.78 is 0. The average molecular weight is 334 g/mol. The van der Waals surface area contributed by atoms with Crippen LogP contribution in [0.3, 0.4) is 0 Å². The number of rotatable bonds is 3. The highest BCUT2D eigenvalue weighted by Crippen LogP contribution is 2.25. The van der Waals surface area contributed by atoms with Gasteiger partial charge in [0.25, 0.3) is 0 Å². The number of aromatic amines is 1. The van der Waals surface area contributed by atoms with E-state index in [0.29, 0.717) is 6.54 Å². The number of benzene rings is 2. The Balaban J connectivity index is 1.48. The van der Waals surface area contributed by atoms with Crippen LogP contribution in [0, 0.1) is 12.8 Å². The van der Waals surface area contributed by atoms with Crippen LogP contribution in [0.1, 0.15) is 18.4 Å². The summed E-state index contributed by atoms with van der Waals surface area (Å²) in [6.07, 6.45) is 1.90. The number of aryl methyl sites for hydroxylation is 1. The molecule has 128 valence electrons. The Kier molecular flexibility index (Phi) is 4.14. The quantitative estimate of drug-likeness (QED) is 0.767. The molecular formula is C20H22N4O. The zero-order valence-corrected chi connectivity index (χ0v) is 14.3. The van der Waals surface area contributed by atoms with Crippen molar-refractivity contribution in [1.82, 2.24) is 9.97 Å². The molecule has 0 saturated carbocycles. The van der Waals surface area contributed by atoms with Gasteiger partial charge in [0.15, 0.2) is 0 Å². The molecule has 1 fully saturated rings. The number of piperidine rings is 1. The van der Waals surface area contributed by atoms with Crippen molar-refractivity contribution < 1.29 is 4.79 Å². The number of hydrogen-bond acceptors (Lipinski definition) is 3. The van der Waals surface area contributed by atoms with E-state index >= 15 is 0 Å². The number of carbonyl (C=O) groups excluding carboxylic acids is 1. The van der Waals surface area contributed by atoms with Gasteiger partial charge in [-0.05, 0) is 43.5 Å². The summed E-state index contributed by atoms with van der Waals surface area (Å²) in [6.45, 7) is 3.63. The topological polar surface area (TPSA) is 61.0 Å². The lowest BCUT2D eigenvalue weighted by Gasteiger charge is -2.31. The third kappa shape index (κ3) is 3.22. The van der Waals surface area contributed by atoms with Crippen LogP contribution in [0.2, 0.25) is 0 Å². The number of imidazole rings is 1. The Morgan fingerprint density at radius 3 is 2.84 bits per heavy atom. The Morgan fingerprint density at radius 1 is 1.20 bits per heavy atom. The van der Waals surface area contributed by atoms with E-state index in [-0.39, 0.29) is 11.8 Å². The van der Waals surface area contributed by atoms with Gasteiger partial charge < -0.3 is 15.2 Å². The summed E-state index contributed by atoms with van der Waals surface area (Å²) in [4.78, 5) is 22.9. The molecule has 2 N–H and O–H groups in total. The Hall–Kier alpha value is -2.82. The van der Waals surface area contributed by atoms with Gasteiger partial charge in [-0.3, -0.25) is 4.79 Å². The van der Waals surface area contributed by atoms with Crippen molar-refractivity contribution in [3.8, 4) is 0 Å². The van der Waals surface area contributed by atoms with E-state index in [1.165, 1.54) is 0 Å². The molecule has 1 aliphatic rings. The molecule has 2 aromatic carbocycles. The number of anilines is 2. The minimum atomic E-state index is -0.0263. The molecular weight excluding hydrogens is 312 g/mol. The first-order valence-electron chi connectivity index (χ1n) is 8.77. The third-order valence-electron chi connectivity index (χ3n) is 4.87. The SMILES string of the molecule is Cc1ccccc1NC(=O)C1CCCN(c2nc3ccccc3[nH]2)C1. The maximum absolute atomic E-state index is 12.7. The number of aromatic nitrogens is 2. The second kappa shape index (κ2) is 6.59. The van der Waals surface area contributed by atoms with Gasteiger partial charge in [-0.2, -0.15) is 0 Å². The number of H-pyrrole nitrogens is 1. The molecule has 1 aromatic heterocycles. The summed E-state index contributed by atoms with van der Waals surface area (Å²) in [7, 11) is 0. The van der Waals surface area contributed by atoms with Gasteiger partial charge in [-0.15, -0.1) is 0 Å². The summed E-state index contributed by atoms with van der Waals surface area (Å²) in [6, 6.07) is 15.9. The van der Waals surface area contributed by atoms with Crippen molar-refractivity contribution in [3.05, 3.63) is 54.1 Å². The van der Waals surface area contributed by atoms with E-state index < -0.39 is 0 Å². The lowest BCUT2D eigenvalue weighted by atomic mass is 9.97. The number of nitrogens with zero attached hydrogens (tertiary/aromatic N) is 2. The predicted molar refractivity (Wildman–Crippen MR) is 101 cm³/mol. The molecule has 5 nitrogen and oxygen atoms in total. The monoisotopic (exact) mass is 334 g/mol. The molecule has 1 aliphatic heterocycles. The second-order valence-electron chi connectivity index (χ2n) is 6.67. The zero-order valence-electron chi connectivity index (χ0n) is 14.3. The molecule has 0 radical (unpaired) electrons. The Morgan fingerprint density at radius 2 is 2.00 bits per heavy atom. The minimum Gasteiger partial charge on any atom is -0.342 e. The van der Waals surface area contributed by atoms with Crippen LogP contribution < -0.4 is 10.2 Å². The molecule has 25 heavy (non-hydrogen) atoms. The number of fused-ring (bicyclic) bond motifs is 1. The molecule has 3 aromatic rings. The van der Waals surface area contributed by atoms with Crippen molar-refractivity contribution in [3.63, 3.8) is 0 Å². The highest BCUT2D eigenvalue weighted by molar-refractivity contribution is 5.93. The summed E-state index contributed by atoms with van der Waals surface area (Å²) >= 11 is 0. The van der Waals surface area contributed by atoms with E-state index in [0.717, 1.165) is 47.6 Å². The first kappa shape index (κ1) is 15.7. The van der Waals surface area contributed by atoms with E-state index in [9.17, 15) is 4.79 Å². The molecule has 0 spiro atoms. The summed E-state index contributed by atoms with van der Waals surface area (Å²) in [5, 5.41) is 3.08. The van der Waals surface area contributed by atoms with Crippen molar-refractivity contribution >= 4 is 28.6 Å². The molecule has 5 heteroatoms. The van der Waals surface area contributed by atoms with E-state index in [4.69, 9.17) is 0 Å². The van der Waals surface area contributed by atoms with Crippen molar-refractivity contribution in [2.45, 2.75) is 19.8 Å². The fraction of sp³-hybridized carbons (Fsp3) is 0.300. The predicted octanol–water partition coefficient (Wildman–Crippen LogP) is 3.73. The molecule has 0 bridgehead atoms. The van der Waals surface area contributed by atoms with Crippen molar-refractivity contribution in [1.29, 1.82) is 0 Å². The Labute approximate surface area is 147 Å². The summed E-state index contributed by atoms with van der Waals surface area (Å²) in [5.41, 5.74) is 3.97. The van der Waals surface area contributed by atoms with Gasteiger partial charge in [-0.1, -0.05) is 30.3 Å². The number of para-hydroxylation sites is 3. The van der Waals surface area contributed by atoms with Crippen LogP contribution in [0.4, 0.5) is 11.6 Å². The summed E-state index contributed by atoms with van der Waals surface area (Å²) in [5.74, 6) is 0.922. The van der Waals surface area contributed by atoms with Crippen LogP contribution in [0.5, 0.6) is 0 Å². The number of hydrogen-bond donors (Lipinski definition) is 2. The number of amides is 1. The largest absolute Gasteiger partial charge is 0.342 e. The van der Waals surface area contributed by atoms with E-state index in [1.54, 1.807) is 0 Å². The third-order valence-corrected chi connectivity index (χ3v) is 4.87. The molecule has 0 aliphatic carbocycles. The normalized spacial score (nSPS) is 17.6. The van der Waals surface area contributed by atoms with Crippen LogP contribution in [0.15, 0.2) is 48.5 Å². The van der Waals surface area contributed by atoms with Crippen LogP contribution in [-0.2, 0) is 4.79 Å². The van der Waals surface area contributed by atoms with Gasteiger partial charge in [-0.25, -0.2) is 4.98 Å². The van der Waals surface area contributed by atoms with Crippen LogP contribution >= 0.6 is 0 Å². The van der Waals surface area contributed by atoms with Gasteiger partial charge in [0.1, 0.15) is 0 Å². The van der Waals surface area contributed by atoms with Crippen LogP contribution in [-0.4, -0.2) is 29.0 Å². The van der Waals surface area contributed by atoms with Gasteiger partial charge in [0.2, 0.25) is 11.9 Å². The van der Waals surface area contributed by atoms with Gasteiger partial charge in [0, 0.05) is 18.8 Å². The van der Waals surface area contributed by atoms with Gasteiger partial charge >= 0.3 is 0 Å². The van der Waals surface area contributed by atoms with Crippen molar-refractivity contribution in [2.24, 2.45) is 5.92 Å². The maximum atomic E-state index is 12.7. The lowest BCUT2D eigenvalue weighted by Crippen LogP contribution is -2.41. The maximum Gasteiger partial charge on any atom is 0.229 e. The fourth-order valence-corrected chi connectivity index (χ4v) is 3.42. The highest BCUT2D eigenvalue weighted by atomic mass is 16.1. The molecule has 1 saturated heterocycles. The highest BCUT2D eigenvalue weighted by Gasteiger charge is 2.27. The molecule has 1 unspecified atom stereocenters. The molecule has 2 heterocycles. The zero-order chi connectivity index (χ0) is 17.2. The van der Waals surface area contributed by atoms with Crippen LogP contribution in [0.25, 0.3) is 11.0 Å². The average Bonchev–Trinajstić information content (AvgIpc) is 3.08. The van der Waals surface area contributed by atoms with E-state index in [2.05, 4.69) is 20.2 Å². The van der Waals surface area contributed by atoms with Crippen molar-refractivity contribution in [2.75, 3.05) is 23.3 Å². The first-order chi connectivity index (χ1) is 12.2. The van der Waals surface area contributed by atoms with Gasteiger partial charge in [0.05, 0.1) is 17.0 Å². The minimum absolute atomic E-state index is 0.0263. The van der Waals surface area contributed by atoms with E-state index in [1.807, 2.05) is 55.5 Å². The second-order valence-corrected chi connectivity index (χ2v) is 6.67. The Bertz CT molecular complexity index is 868. The standard InChI is InChI=1S/C20H22N4O/c1-14-7-2-3-9-16(14)21-19(25)15-8-6-12-24(13-15)20-22-17-10-4-5-11-18(17)23-20/h2-5,7,9-11,15H,6,8,12-13H2,1H3,(H,21,25)(H,22,23).